The van der Waals surface area contributed by atoms with E-state index in [1.54, 1.807) is 18.2 Å². The highest BCUT2D eigenvalue weighted by Gasteiger charge is 2.31. The molecule has 1 aromatic heterocycles. The smallest absolute Gasteiger partial charge is 0.416 e. The third kappa shape index (κ3) is 5.56. The fourth-order valence-electron chi connectivity index (χ4n) is 3.86. The van der Waals surface area contributed by atoms with Crippen LogP contribution in [-0.4, -0.2) is 29.8 Å². The maximum atomic E-state index is 13.3. The van der Waals surface area contributed by atoms with E-state index < -0.39 is 17.6 Å². The Labute approximate surface area is 206 Å². The Bertz CT molecular complexity index is 1420. The van der Waals surface area contributed by atoms with Gasteiger partial charge < -0.3 is 14.8 Å². The Morgan fingerprint density at radius 1 is 0.972 bits per heavy atom. The van der Waals surface area contributed by atoms with Crippen molar-refractivity contribution in [1.29, 1.82) is 0 Å². The van der Waals surface area contributed by atoms with Gasteiger partial charge in [0.05, 0.1) is 18.2 Å². The van der Waals surface area contributed by atoms with E-state index in [1.807, 2.05) is 26.0 Å². The molecule has 1 amide bonds. The Kier molecular flexibility index (Phi) is 7.10. The van der Waals surface area contributed by atoms with Gasteiger partial charge in [-0.2, -0.15) is 13.2 Å². The van der Waals surface area contributed by atoms with Crippen LogP contribution >= 0.6 is 0 Å². The van der Waals surface area contributed by atoms with Gasteiger partial charge in [0.1, 0.15) is 17.1 Å². The van der Waals surface area contributed by atoms with E-state index in [-0.39, 0.29) is 17.2 Å². The maximum Gasteiger partial charge on any atom is 0.416 e. The van der Waals surface area contributed by atoms with Gasteiger partial charge in [-0.25, -0.2) is 0 Å². The minimum atomic E-state index is -4.54. The number of halogens is 3. The first-order valence-corrected chi connectivity index (χ1v) is 11.2. The highest BCUT2D eigenvalue weighted by atomic mass is 19.4. The van der Waals surface area contributed by atoms with Gasteiger partial charge in [0.2, 0.25) is 0 Å². The summed E-state index contributed by atoms with van der Waals surface area (Å²) in [6.45, 7) is 4.37. The second kappa shape index (κ2) is 10.2. The molecule has 0 aliphatic carbocycles. The SMILES string of the molecule is COc1ccc2c(C(=O)NCCc3ccc(C)cc3C)c(Oc3cccc(C(F)(F)F)c3)nnc2c1. The molecule has 0 saturated heterocycles. The molecule has 0 spiro atoms. The van der Waals surface area contributed by atoms with E-state index in [1.165, 1.54) is 19.2 Å². The van der Waals surface area contributed by atoms with Crippen LogP contribution < -0.4 is 14.8 Å². The molecule has 1 heterocycles. The molecular formula is C27H24F3N3O3. The number of methoxy groups -OCH3 is 1. The number of carbonyl (C=O) groups excluding carboxylic acids is 1. The van der Waals surface area contributed by atoms with Gasteiger partial charge in [0, 0.05) is 18.0 Å². The molecule has 0 aliphatic heterocycles. The molecule has 0 atom stereocenters. The van der Waals surface area contributed by atoms with Gasteiger partial charge in [-0.05, 0) is 61.7 Å². The number of nitrogens with one attached hydrogen (secondary N) is 1. The third-order valence-corrected chi connectivity index (χ3v) is 5.72. The summed E-state index contributed by atoms with van der Waals surface area (Å²) < 4.78 is 50.4. The molecule has 36 heavy (non-hydrogen) atoms. The molecule has 4 rings (SSSR count). The molecule has 0 aliphatic rings. The van der Waals surface area contributed by atoms with Crippen molar-refractivity contribution in [2.45, 2.75) is 26.4 Å². The summed E-state index contributed by atoms with van der Waals surface area (Å²) >= 11 is 0. The largest absolute Gasteiger partial charge is 0.497 e. The Morgan fingerprint density at radius 3 is 2.50 bits per heavy atom. The molecule has 0 radical (unpaired) electrons. The van der Waals surface area contributed by atoms with E-state index in [2.05, 4.69) is 21.6 Å². The summed E-state index contributed by atoms with van der Waals surface area (Å²) in [5.74, 6) is -0.274. The zero-order chi connectivity index (χ0) is 25.9. The molecule has 0 unspecified atom stereocenters. The highest BCUT2D eigenvalue weighted by Crippen LogP contribution is 2.34. The lowest BCUT2D eigenvalue weighted by Crippen LogP contribution is -2.27. The second-order valence-corrected chi connectivity index (χ2v) is 8.33. The van der Waals surface area contributed by atoms with E-state index >= 15 is 0 Å². The van der Waals surface area contributed by atoms with Gasteiger partial charge in [-0.3, -0.25) is 4.79 Å². The van der Waals surface area contributed by atoms with Crippen molar-refractivity contribution in [2.75, 3.05) is 13.7 Å². The topological polar surface area (TPSA) is 73.3 Å². The molecule has 9 heteroatoms. The van der Waals surface area contributed by atoms with Crippen LogP contribution in [0.5, 0.6) is 17.4 Å². The first kappa shape index (κ1) is 25.0. The molecule has 3 aromatic carbocycles. The van der Waals surface area contributed by atoms with Gasteiger partial charge in [-0.1, -0.05) is 29.8 Å². The number of benzene rings is 3. The number of fused-ring (bicyclic) bond motifs is 1. The van der Waals surface area contributed by atoms with Crippen LogP contribution in [0.2, 0.25) is 0 Å². The number of ether oxygens (including phenoxy) is 2. The zero-order valence-corrected chi connectivity index (χ0v) is 19.9. The molecule has 0 bridgehead atoms. The molecule has 4 aromatic rings. The Hall–Kier alpha value is -4.14. The van der Waals surface area contributed by atoms with Crippen molar-refractivity contribution in [1.82, 2.24) is 15.5 Å². The van der Waals surface area contributed by atoms with Gasteiger partial charge >= 0.3 is 6.18 Å². The lowest BCUT2D eigenvalue weighted by Gasteiger charge is -2.14. The number of carbonyl (C=O) groups is 1. The first-order valence-electron chi connectivity index (χ1n) is 11.2. The summed E-state index contributed by atoms with van der Waals surface area (Å²) in [4.78, 5) is 13.3. The predicted octanol–water partition coefficient (Wildman–Crippen LogP) is 6.04. The Balaban J connectivity index is 1.65. The number of alkyl halides is 3. The minimum absolute atomic E-state index is 0.0701. The van der Waals surface area contributed by atoms with Crippen molar-refractivity contribution in [3.63, 3.8) is 0 Å². The quantitative estimate of drug-likeness (QED) is 0.339. The number of nitrogens with zero attached hydrogens (tertiary/aromatic N) is 2. The second-order valence-electron chi connectivity index (χ2n) is 8.33. The van der Waals surface area contributed by atoms with E-state index in [4.69, 9.17) is 9.47 Å². The van der Waals surface area contributed by atoms with Gasteiger partial charge in [-0.15, -0.1) is 10.2 Å². The number of hydrogen-bond donors (Lipinski definition) is 1. The summed E-state index contributed by atoms with van der Waals surface area (Å²) in [5, 5.41) is 11.4. The summed E-state index contributed by atoms with van der Waals surface area (Å²) in [5.41, 5.74) is 2.95. The normalized spacial score (nSPS) is 11.4. The van der Waals surface area contributed by atoms with Crippen LogP contribution in [0.25, 0.3) is 10.9 Å². The van der Waals surface area contributed by atoms with E-state index in [0.29, 0.717) is 29.6 Å². The first-order chi connectivity index (χ1) is 17.2. The lowest BCUT2D eigenvalue weighted by molar-refractivity contribution is -0.137. The highest BCUT2D eigenvalue weighted by molar-refractivity contribution is 6.08. The van der Waals surface area contributed by atoms with Crippen molar-refractivity contribution in [3.05, 3.63) is 88.5 Å². The van der Waals surface area contributed by atoms with Gasteiger partial charge in [0.25, 0.3) is 11.8 Å². The average molecular weight is 496 g/mol. The van der Waals surface area contributed by atoms with Crippen LogP contribution in [0.3, 0.4) is 0 Å². The molecular weight excluding hydrogens is 471 g/mol. The third-order valence-electron chi connectivity index (χ3n) is 5.72. The minimum Gasteiger partial charge on any atom is -0.497 e. The lowest BCUT2D eigenvalue weighted by atomic mass is 10.0. The van der Waals surface area contributed by atoms with Crippen molar-refractivity contribution in [2.24, 2.45) is 0 Å². The number of aryl methyl sites for hydroxylation is 2. The summed E-state index contributed by atoms with van der Waals surface area (Å²) in [6, 6.07) is 15.4. The molecule has 1 N–H and O–H groups in total. The number of amides is 1. The summed E-state index contributed by atoms with van der Waals surface area (Å²) in [7, 11) is 1.50. The number of rotatable bonds is 7. The Morgan fingerprint density at radius 2 is 1.78 bits per heavy atom. The summed E-state index contributed by atoms with van der Waals surface area (Å²) in [6.07, 6.45) is -3.94. The predicted molar refractivity (Wildman–Crippen MR) is 130 cm³/mol. The van der Waals surface area contributed by atoms with Crippen molar-refractivity contribution < 1.29 is 27.4 Å². The van der Waals surface area contributed by atoms with Crippen LogP contribution in [-0.2, 0) is 12.6 Å². The fourth-order valence-corrected chi connectivity index (χ4v) is 3.86. The van der Waals surface area contributed by atoms with Gasteiger partial charge in [0.15, 0.2) is 0 Å². The monoisotopic (exact) mass is 495 g/mol. The molecule has 0 saturated carbocycles. The maximum absolute atomic E-state index is 13.3. The van der Waals surface area contributed by atoms with Crippen LogP contribution in [0.15, 0.2) is 60.7 Å². The van der Waals surface area contributed by atoms with Crippen LogP contribution in [0, 0.1) is 13.8 Å². The number of aromatic nitrogens is 2. The zero-order valence-electron chi connectivity index (χ0n) is 19.9. The van der Waals surface area contributed by atoms with E-state index in [0.717, 1.165) is 28.8 Å². The average Bonchev–Trinajstić information content (AvgIpc) is 2.84. The van der Waals surface area contributed by atoms with Crippen LogP contribution in [0.1, 0.15) is 32.6 Å². The fraction of sp³-hybridized carbons (Fsp3) is 0.222. The van der Waals surface area contributed by atoms with Crippen molar-refractivity contribution in [3.8, 4) is 17.4 Å². The van der Waals surface area contributed by atoms with Crippen LogP contribution in [0.4, 0.5) is 13.2 Å². The molecule has 186 valence electrons. The van der Waals surface area contributed by atoms with E-state index in [9.17, 15) is 18.0 Å². The molecule has 0 fully saturated rings. The number of hydrogen-bond acceptors (Lipinski definition) is 5. The standard InChI is InChI=1S/C27H24F3N3O3/c1-16-7-8-18(17(2)13-16)11-12-31-25(34)24-22-10-9-20(35-3)15-23(22)32-33-26(24)36-21-6-4-5-19(14-21)27(28,29)30/h4-10,13-15H,11-12H2,1-3H3,(H,31,34). The molecule has 6 nitrogen and oxygen atoms in total. The van der Waals surface area contributed by atoms with Crippen molar-refractivity contribution >= 4 is 16.8 Å².